The summed E-state index contributed by atoms with van der Waals surface area (Å²) in [7, 11) is 0. The second-order valence-electron chi connectivity index (χ2n) is 9.60. The van der Waals surface area contributed by atoms with Gasteiger partial charge in [0.1, 0.15) is 25.1 Å². The summed E-state index contributed by atoms with van der Waals surface area (Å²) in [5, 5.41) is 13.4. The molecule has 186 valence electrons. The molecular formula is C26H27FN6O3. The molecule has 0 aliphatic carbocycles. The van der Waals surface area contributed by atoms with Gasteiger partial charge in [-0.15, -0.1) is 5.10 Å². The van der Waals surface area contributed by atoms with Gasteiger partial charge in [-0.05, 0) is 65.6 Å². The number of aromatic amines is 1. The van der Waals surface area contributed by atoms with Gasteiger partial charge >= 0.3 is 0 Å². The van der Waals surface area contributed by atoms with E-state index in [-0.39, 0.29) is 11.4 Å². The minimum absolute atomic E-state index is 0.196. The first kappa shape index (κ1) is 22.7. The number of hydrogen-bond acceptors (Lipinski definition) is 7. The van der Waals surface area contributed by atoms with Crippen LogP contribution in [0.15, 0.2) is 47.3 Å². The molecule has 36 heavy (non-hydrogen) atoms. The average molecular weight is 491 g/mol. The zero-order chi connectivity index (χ0) is 24.6. The maximum atomic E-state index is 13.5. The van der Waals surface area contributed by atoms with Crippen molar-refractivity contribution in [3.05, 3.63) is 75.6 Å². The fourth-order valence-corrected chi connectivity index (χ4v) is 5.20. The Balaban J connectivity index is 1.46. The summed E-state index contributed by atoms with van der Waals surface area (Å²) in [6, 6.07) is 11.5. The number of nitrogens with zero attached hydrogens (tertiary/aromatic N) is 5. The molecule has 6 rings (SSSR count). The number of nitrogens with one attached hydrogen (secondary N) is 1. The van der Waals surface area contributed by atoms with Crippen molar-refractivity contribution >= 4 is 10.9 Å². The highest BCUT2D eigenvalue weighted by atomic mass is 19.1. The van der Waals surface area contributed by atoms with Crippen LogP contribution in [-0.4, -0.2) is 56.4 Å². The topological polar surface area (TPSA) is 98.2 Å². The van der Waals surface area contributed by atoms with E-state index < -0.39 is 6.04 Å². The maximum Gasteiger partial charge on any atom is 0.253 e. The number of piperidine rings is 1. The molecule has 0 amide bonds. The second kappa shape index (κ2) is 9.34. The van der Waals surface area contributed by atoms with E-state index in [9.17, 15) is 9.18 Å². The Bertz CT molecular complexity index is 1450. The molecule has 2 atom stereocenters. The number of fused-ring (bicyclic) bond motifs is 2. The molecule has 9 nitrogen and oxygen atoms in total. The summed E-state index contributed by atoms with van der Waals surface area (Å²) >= 11 is 0. The molecule has 0 radical (unpaired) electrons. The fraction of sp³-hybridized carbons (Fsp3) is 0.385. The molecule has 0 bridgehead atoms. The highest BCUT2D eigenvalue weighted by molar-refractivity contribution is 5.83. The van der Waals surface area contributed by atoms with Gasteiger partial charge in [0.2, 0.25) is 0 Å². The molecular weight excluding hydrogens is 463 g/mol. The normalized spacial score (nSPS) is 18.9. The van der Waals surface area contributed by atoms with Gasteiger partial charge in [0.05, 0.1) is 12.1 Å². The number of likely N-dealkylation sites (tertiary alicyclic amines) is 1. The van der Waals surface area contributed by atoms with Gasteiger partial charge in [0.15, 0.2) is 17.3 Å². The standard InChI is InChI=1S/C26H27FN6O3/c1-16-3-2-8-32(14-16)24(25-29-30-31-33(25)15-17-4-6-19(27)7-5-17)20-11-18-12-22-23(36-10-9-35-22)13-21(18)28-26(20)34/h4-7,11-13,16,24H,2-3,8-10,14-15H2,1H3,(H,28,34). The molecule has 0 spiro atoms. The largest absolute Gasteiger partial charge is 0.486 e. The molecule has 1 saturated heterocycles. The lowest BCUT2D eigenvalue weighted by molar-refractivity contribution is 0.141. The number of pyridine rings is 1. The van der Waals surface area contributed by atoms with Gasteiger partial charge in [-0.25, -0.2) is 9.07 Å². The fourth-order valence-electron chi connectivity index (χ4n) is 5.20. The van der Waals surface area contributed by atoms with E-state index in [0.717, 1.165) is 36.9 Å². The summed E-state index contributed by atoms with van der Waals surface area (Å²) in [5.74, 6) is 2.06. The van der Waals surface area contributed by atoms with Gasteiger partial charge in [-0.1, -0.05) is 19.1 Å². The SMILES string of the molecule is CC1CCCN(C(c2cc3cc4c(cc3[nH]c2=O)OCCO4)c2nnnn2Cc2ccc(F)cc2)C1. The number of ether oxygens (including phenoxy) is 2. The van der Waals surface area contributed by atoms with Crippen molar-refractivity contribution < 1.29 is 13.9 Å². The summed E-state index contributed by atoms with van der Waals surface area (Å²) in [4.78, 5) is 18.8. The predicted molar refractivity (Wildman–Crippen MR) is 131 cm³/mol. The smallest absolute Gasteiger partial charge is 0.253 e. The number of halogens is 1. The monoisotopic (exact) mass is 490 g/mol. The highest BCUT2D eigenvalue weighted by Gasteiger charge is 2.33. The van der Waals surface area contributed by atoms with Gasteiger partial charge in [0.25, 0.3) is 5.56 Å². The average Bonchev–Trinajstić information content (AvgIpc) is 3.32. The van der Waals surface area contributed by atoms with Crippen LogP contribution in [0.4, 0.5) is 4.39 Å². The first-order valence-corrected chi connectivity index (χ1v) is 12.3. The molecule has 4 aromatic rings. The van der Waals surface area contributed by atoms with E-state index in [0.29, 0.717) is 54.1 Å². The van der Waals surface area contributed by atoms with E-state index in [4.69, 9.17) is 9.47 Å². The van der Waals surface area contributed by atoms with Crippen molar-refractivity contribution in [2.45, 2.75) is 32.4 Å². The number of hydrogen-bond donors (Lipinski definition) is 1. The Morgan fingerprint density at radius 2 is 1.92 bits per heavy atom. The van der Waals surface area contributed by atoms with Gasteiger partial charge < -0.3 is 14.5 Å². The van der Waals surface area contributed by atoms with Crippen LogP contribution in [0, 0.1) is 11.7 Å². The molecule has 0 saturated carbocycles. The van der Waals surface area contributed by atoms with Crippen LogP contribution in [0.5, 0.6) is 11.5 Å². The Morgan fingerprint density at radius 3 is 2.69 bits per heavy atom. The first-order valence-electron chi connectivity index (χ1n) is 12.3. The Labute approximate surface area is 206 Å². The van der Waals surface area contributed by atoms with Crippen LogP contribution in [0.2, 0.25) is 0 Å². The Hall–Kier alpha value is -3.79. The van der Waals surface area contributed by atoms with Crippen molar-refractivity contribution in [3.63, 3.8) is 0 Å². The highest BCUT2D eigenvalue weighted by Crippen LogP contribution is 2.36. The van der Waals surface area contributed by atoms with Crippen LogP contribution < -0.4 is 15.0 Å². The van der Waals surface area contributed by atoms with Crippen molar-refractivity contribution in [2.75, 3.05) is 26.3 Å². The van der Waals surface area contributed by atoms with E-state index in [1.165, 1.54) is 12.1 Å². The lowest BCUT2D eigenvalue weighted by Crippen LogP contribution is -2.41. The molecule has 1 fully saturated rings. The number of H-pyrrole nitrogens is 1. The molecule has 2 unspecified atom stereocenters. The minimum atomic E-state index is -0.440. The van der Waals surface area contributed by atoms with Gasteiger partial charge in [0, 0.05) is 23.6 Å². The van der Waals surface area contributed by atoms with Crippen LogP contribution in [0.3, 0.4) is 0 Å². The van der Waals surface area contributed by atoms with E-state index in [2.05, 4.69) is 32.3 Å². The lowest BCUT2D eigenvalue weighted by atomic mass is 9.95. The lowest BCUT2D eigenvalue weighted by Gasteiger charge is -2.36. The predicted octanol–water partition coefficient (Wildman–Crippen LogP) is 3.29. The minimum Gasteiger partial charge on any atom is -0.486 e. The number of aromatic nitrogens is 5. The van der Waals surface area contributed by atoms with Crippen molar-refractivity contribution in [1.29, 1.82) is 0 Å². The zero-order valence-electron chi connectivity index (χ0n) is 20.0. The summed E-state index contributed by atoms with van der Waals surface area (Å²) in [6.07, 6.45) is 2.17. The zero-order valence-corrected chi connectivity index (χ0v) is 20.0. The third-order valence-electron chi connectivity index (χ3n) is 6.93. The number of rotatable bonds is 5. The van der Waals surface area contributed by atoms with Crippen molar-refractivity contribution in [3.8, 4) is 11.5 Å². The van der Waals surface area contributed by atoms with Crippen LogP contribution in [0.25, 0.3) is 10.9 Å². The number of benzene rings is 2. The van der Waals surface area contributed by atoms with E-state index >= 15 is 0 Å². The van der Waals surface area contributed by atoms with Crippen molar-refractivity contribution in [1.82, 2.24) is 30.1 Å². The quantitative estimate of drug-likeness (QED) is 0.458. The van der Waals surface area contributed by atoms with Crippen LogP contribution in [0.1, 0.15) is 42.8 Å². The maximum absolute atomic E-state index is 13.5. The Morgan fingerprint density at radius 1 is 1.14 bits per heavy atom. The van der Waals surface area contributed by atoms with E-state index in [1.54, 1.807) is 16.8 Å². The third-order valence-corrected chi connectivity index (χ3v) is 6.93. The van der Waals surface area contributed by atoms with E-state index in [1.807, 2.05) is 18.2 Å². The molecule has 2 aliphatic heterocycles. The van der Waals surface area contributed by atoms with Crippen LogP contribution >= 0.6 is 0 Å². The molecule has 1 N–H and O–H groups in total. The molecule has 2 aromatic carbocycles. The van der Waals surface area contributed by atoms with Gasteiger partial charge in [-0.2, -0.15) is 0 Å². The molecule has 4 heterocycles. The Kier molecular flexibility index (Phi) is 5.88. The van der Waals surface area contributed by atoms with Crippen LogP contribution in [-0.2, 0) is 6.54 Å². The number of tetrazole rings is 1. The second-order valence-corrected chi connectivity index (χ2v) is 9.60. The van der Waals surface area contributed by atoms with Crippen molar-refractivity contribution in [2.24, 2.45) is 5.92 Å². The third kappa shape index (κ3) is 4.32. The summed E-state index contributed by atoms with van der Waals surface area (Å²) < 4.78 is 26.6. The summed E-state index contributed by atoms with van der Waals surface area (Å²) in [5.41, 5.74) is 1.93. The molecule has 2 aromatic heterocycles. The van der Waals surface area contributed by atoms with Gasteiger partial charge in [-0.3, -0.25) is 9.69 Å². The summed E-state index contributed by atoms with van der Waals surface area (Å²) in [6.45, 7) is 5.21. The molecule has 10 heteroatoms. The first-order chi connectivity index (χ1) is 17.5. The molecule has 2 aliphatic rings.